The highest BCUT2D eigenvalue weighted by molar-refractivity contribution is 5.94. The van der Waals surface area contributed by atoms with Gasteiger partial charge in [0.05, 0.1) is 0 Å². The van der Waals surface area contributed by atoms with Crippen molar-refractivity contribution in [2.45, 2.75) is 64.7 Å². The van der Waals surface area contributed by atoms with Crippen LogP contribution in [0.2, 0.25) is 0 Å². The number of benzene rings is 3. The van der Waals surface area contributed by atoms with E-state index < -0.39 is 0 Å². The van der Waals surface area contributed by atoms with Crippen LogP contribution in [0.5, 0.6) is 0 Å². The van der Waals surface area contributed by atoms with Gasteiger partial charge in [-0.05, 0) is 67.7 Å². The van der Waals surface area contributed by atoms with Crippen molar-refractivity contribution in [3.8, 4) is 0 Å². The van der Waals surface area contributed by atoms with Gasteiger partial charge in [0, 0.05) is 11.3 Å². The van der Waals surface area contributed by atoms with Crippen LogP contribution >= 0.6 is 0 Å². The highest BCUT2D eigenvalue weighted by Crippen LogP contribution is 2.62. The summed E-state index contributed by atoms with van der Waals surface area (Å²) in [6.45, 7) is 14.1. The van der Waals surface area contributed by atoms with E-state index in [2.05, 4.69) is 151 Å². The molecule has 0 saturated heterocycles. The van der Waals surface area contributed by atoms with Gasteiger partial charge < -0.3 is 0 Å². The fourth-order valence-electron chi connectivity index (χ4n) is 6.90. The second-order valence-electron chi connectivity index (χ2n) is 13.2. The lowest BCUT2D eigenvalue weighted by Crippen LogP contribution is -2.35. The zero-order valence-corrected chi connectivity index (χ0v) is 23.8. The summed E-state index contributed by atoms with van der Waals surface area (Å²) in [6, 6.07) is 29.7. The van der Waals surface area contributed by atoms with E-state index in [4.69, 9.17) is 0 Å². The summed E-state index contributed by atoms with van der Waals surface area (Å²) in [6.07, 6.45) is 13.4. The molecule has 0 spiro atoms. The van der Waals surface area contributed by atoms with Gasteiger partial charge in [0.15, 0.2) is 0 Å². The molecule has 0 aromatic heterocycles. The minimum atomic E-state index is -0.265. The number of hydrogen-bond acceptors (Lipinski definition) is 0. The van der Waals surface area contributed by atoms with Crippen molar-refractivity contribution in [3.63, 3.8) is 0 Å². The predicted molar refractivity (Wildman–Crippen MR) is 163 cm³/mol. The standard InChI is InChI=1S/C38H40/c1-26(2)37(6)24-29-14-12-22-38(34(29)25-37,31-15-8-7-9-16-31)35-32-17-11-10-13-28(32)23-33(35)27-18-20-30(21-19-27)36(3,4)5/h7-23,25-26,35H,24H2,1-6H3. The van der Waals surface area contributed by atoms with Crippen molar-refractivity contribution in [3.05, 3.63) is 142 Å². The summed E-state index contributed by atoms with van der Waals surface area (Å²) < 4.78 is 0. The predicted octanol–water partition coefficient (Wildman–Crippen LogP) is 10.0. The van der Waals surface area contributed by atoms with Crippen LogP contribution in [-0.2, 0) is 10.8 Å². The first kappa shape index (κ1) is 24.9. The van der Waals surface area contributed by atoms with Crippen LogP contribution in [0.3, 0.4) is 0 Å². The van der Waals surface area contributed by atoms with Gasteiger partial charge in [-0.1, -0.05) is 151 Å². The second kappa shape index (κ2) is 8.84. The lowest BCUT2D eigenvalue weighted by atomic mass is 9.59. The zero-order valence-electron chi connectivity index (χ0n) is 23.8. The van der Waals surface area contributed by atoms with Gasteiger partial charge in [-0.25, -0.2) is 0 Å². The molecule has 3 unspecified atom stereocenters. The van der Waals surface area contributed by atoms with Crippen LogP contribution in [0, 0.1) is 11.3 Å². The maximum Gasteiger partial charge on any atom is 0.0494 e. The van der Waals surface area contributed by atoms with Crippen molar-refractivity contribution in [2.24, 2.45) is 11.3 Å². The Kier molecular flexibility index (Phi) is 5.80. The average molecular weight is 497 g/mol. The third-order valence-corrected chi connectivity index (χ3v) is 9.53. The summed E-state index contributed by atoms with van der Waals surface area (Å²) in [5.41, 5.74) is 11.3. The van der Waals surface area contributed by atoms with Crippen molar-refractivity contribution in [1.29, 1.82) is 0 Å². The SMILES string of the molecule is CC(C)C1(C)C=C2C(=CC=CC2(c2ccccc2)C2C(c3ccc(C(C)(C)C)cc3)=Cc3ccccc32)C1. The first-order valence-corrected chi connectivity index (χ1v) is 14.2. The molecule has 0 amide bonds. The quantitative estimate of drug-likeness (QED) is 0.337. The first-order valence-electron chi connectivity index (χ1n) is 14.2. The van der Waals surface area contributed by atoms with Crippen LogP contribution in [0.15, 0.2) is 114 Å². The lowest BCUT2D eigenvalue weighted by molar-refractivity contribution is 0.308. The fraction of sp³-hybridized carbons (Fsp3) is 0.316. The average Bonchev–Trinajstić information content (AvgIpc) is 3.48. The minimum Gasteiger partial charge on any atom is -0.0732 e. The van der Waals surface area contributed by atoms with Gasteiger partial charge in [0.2, 0.25) is 0 Å². The van der Waals surface area contributed by atoms with Gasteiger partial charge in [-0.3, -0.25) is 0 Å². The molecule has 3 aliphatic carbocycles. The van der Waals surface area contributed by atoms with Gasteiger partial charge in [0.25, 0.3) is 0 Å². The third-order valence-electron chi connectivity index (χ3n) is 9.53. The summed E-state index contributed by atoms with van der Waals surface area (Å²) in [4.78, 5) is 0. The van der Waals surface area contributed by atoms with Crippen LogP contribution in [0.4, 0.5) is 0 Å². The zero-order chi connectivity index (χ0) is 26.7. The van der Waals surface area contributed by atoms with Gasteiger partial charge in [-0.15, -0.1) is 0 Å². The lowest BCUT2D eigenvalue weighted by Gasteiger charge is -2.43. The molecule has 0 radical (unpaired) electrons. The molecule has 38 heavy (non-hydrogen) atoms. The molecule has 3 atom stereocenters. The molecule has 0 heterocycles. The van der Waals surface area contributed by atoms with Crippen LogP contribution in [0.25, 0.3) is 11.6 Å². The molecule has 0 N–H and O–H groups in total. The number of allylic oxidation sites excluding steroid dienone is 7. The van der Waals surface area contributed by atoms with Crippen LogP contribution in [0.1, 0.15) is 81.7 Å². The fourth-order valence-corrected chi connectivity index (χ4v) is 6.90. The van der Waals surface area contributed by atoms with E-state index >= 15 is 0 Å². The van der Waals surface area contributed by atoms with E-state index in [1.54, 1.807) is 0 Å². The topological polar surface area (TPSA) is 0 Å². The minimum absolute atomic E-state index is 0.137. The van der Waals surface area contributed by atoms with E-state index in [9.17, 15) is 0 Å². The van der Waals surface area contributed by atoms with Gasteiger partial charge in [-0.2, -0.15) is 0 Å². The molecule has 3 aliphatic rings. The Balaban J connectivity index is 1.61. The molecule has 0 aliphatic heterocycles. The van der Waals surface area contributed by atoms with Crippen LogP contribution < -0.4 is 0 Å². The van der Waals surface area contributed by atoms with E-state index in [-0.39, 0.29) is 22.2 Å². The van der Waals surface area contributed by atoms with E-state index in [0.717, 1.165) is 6.42 Å². The van der Waals surface area contributed by atoms with Crippen molar-refractivity contribution < 1.29 is 0 Å². The summed E-state index contributed by atoms with van der Waals surface area (Å²) in [5, 5.41) is 0. The number of rotatable bonds is 4. The molecule has 192 valence electrons. The second-order valence-corrected chi connectivity index (χ2v) is 13.2. The highest BCUT2D eigenvalue weighted by atomic mass is 14.5. The Morgan fingerprint density at radius 3 is 2.21 bits per heavy atom. The van der Waals surface area contributed by atoms with Gasteiger partial charge >= 0.3 is 0 Å². The van der Waals surface area contributed by atoms with E-state index in [0.29, 0.717) is 5.92 Å². The van der Waals surface area contributed by atoms with E-state index in [1.165, 1.54) is 44.5 Å². The van der Waals surface area contributed by atoms with Crippen molar-refractivity contribution in [1.82, 2.24) is 0 Å². The summed E-state index contributed by atoms with van der Waals surface area (Å²) in [5.74, 6) is 0.771. The van der Waals surface area contributed by atoms with Gasteiger partial charge in [0.1, 0.15) is 0 Å². The molecule has 0 nitrogen and oxygen atoms in total. The molecule has 0 bridgehead atoms. The highest BCUT2D eigenvalue weighted by Gasteiger charge is 2.51. The Labute approximate surface area is 229 Å². The Morgan fingerprint density at radius 2 is 1.53 bits per heavy atom. The van der Waals surface area contributed by atoms with E-state index in [1.807, 2.05) is 0 Å². The first-order chi connectivity index (χ1) is 18.1. The van der Waals surface area contributed by atoms with Crippen molar-refractivity contribution >= 4 is 11.6 Å². The summed E-state index contributed by atoms with van der Waals surface area (Å²) >= 11 is 0. The molecule has 3 aromatic carbocycles. The Morgan fingerprint density at radius 1 is 0.842 bits per heavy atom. The number of hydrogen-bond donors (Lipinski definition) is 0. The largest absolute Gasteiger partial charge is 0.0732 e. The van der Waals surface area contributed by atoms with Crippen LogP contribution in [-0.4, -0.2) is 0 Å². The molecule has 0 saturated carbocycles. The number of fused-ring (bicyclic) bond motifs is 2. The molecule has 0 heteroatoms. The van der Waals surface area contributed by atoms with Crippen molar-refractivity contribution in [2.75, 3.05) is 0 Å². The third kappa shape index (κ3) is 3.80. The molecular weight excluding hydrogens is 456 g/mol. The molecule has 3 aromatic rings. The smallest absolute Gasteiger partial charge is 0.0494 e. The maximum atomic E-state index is 2.64. The Hall–Kier alpha value is -3.38. The molecular formula is C38H40. The summed E-state index contributed by atoms with van der Waals surface area (Å²) in [7, 11) is 0. The maximum absolute atomic E-state index is 2.64. The normalized spacial score (nSPS) is 26.1. The Bertz CT molecular complexity index is 1480. The molecule has 0 fully saturated rings. The monoisotopic (exact) mass is 496 g/mol. The molecule has 6 rings (SSSR count).